The summed E-state index contributed by atoms with van der Waals surface area (Å²) >= 11 is 0. The van der Waals surface area contributed by atoms with Gasteiger partial charge in [-0.15, -0.1) is 0 Å². The van der Waals surface area contributed by atoms with Crippen molar-refractivity contribution in [3.63, 3.8) is 0 Å². The van der Waals surface area contributed by atoms with Gasteiger partial charge >= 0.3 is 0 Å². The summed E-state index contributed by atoms with van der Waals surface area (Å²) in [7, 11) is 1.88. The molecule has 3 heteroatoms. The minimum absolute atomic E-state index is 0.00172. The fourth-order valence-electron chi connectivity index (χ4n) is 1.74. The molecule has 0 radical (unpaired) electrons. The summed E-state index contributed by atoms with van der Waals surface area (Å²) < 4.78 is 0. The highest BCUT2D eigenvalue weighted by molar-refractivity contribution is 5.94. The largest absolute Gasteiger partial charge is 0.388 e. The van der Waals surface area contributed by atoms with Gasteiger partial charge in [-0.1, -0.05) is 27.7 Å². The van der Waals surface area contributed by atoms with Crippen LogP contribution in [0, 0.1) is 18.3 Å². The van der Waals surface area contributed by atoms with Crippen LogP contribution in [0.25, 0.3) is 0 Å². The van der Waals surface area contributed by atoms with E-state index in [1.54, 1.807) is 0 Å². The standard InChI is InChI=1S/C16H26N2O/c1-11-9-13(7-8-14(11)17-6)15(19)18-10-12(2)16(3,4)5/h7-9,12,17H,10H2,1-6H3,(H,18,19). The lowest BCUT2D eigenvalue weighted by atomic mass is 9.82. The molecule has 0 fully saturated rings. The van der Waals surface area contributed by atoms with E-state index >= 15 is 0 Å². The Morgan fingerprint density at radius 3 is 2.42 bits per heavy atom. The van der Waals surface area contributed by atoms with Gasteiger partial charge in [-0.3, -0.25) is 4.79 Å². The Kier molecular flexibility index (Phi) is 4.98. The van der Waals surface area contributed by atoms with Crippen LogP contribution in [0.2, 0.25) is 0 Å². The van der Waals surface area contributed by atoms with Crippen LogP contribution in [0.15, 0.2) is 18.2 Å². The number of benzene rings is 1. The van der Waals surface area contributed by atoms with Crippen LogP contribution in [0.5, 0.6) is 0 Å². The SMILES string of the molecule is CNc1ccc(C(=O)NCC(C)C(C)(C)C)cc1C. The normalized spacial score (nSPS) is 12.9. The summed E-state index contributed by atoms with van der Waals surface area (Å²) in [5.74, 6) is 0.441. The quantitative estimate of drug-likeness (QED) is 0.872. The second-order valence-electron chi connectivity index (χ2n) is 6.26. The number of amides is 1. The first-order valence-corrected chi connectivity index (χ1v) is 6.82. The van der Waals surface area contributed by atoms with E-state index in [0.717, 1.165) is 16.8 Å². The first-order valence-electron chi connectivity index (χ1n) is 6.82. The van der Waals surface area contributed by atoms with E-state index < -0.39 is 0 Å². The Balaban J connectivity index is 2.67. The molecular formula is C16H26N2O. The number of rotatable bonds is 4. The van der Waals surface area contributed by atoms with Gasteiger partial charge in [0.2, 0.25) is 0 Å². The maximum absolute atomic E-state index is 12.1. The van der Waals surface area contributed by atoms with Crippen LogP contribution in [-0.4, -0.2) is 19.5 Å². The number of anilines is 1. The van der Waals surface area contributed by atoms with Gasteiger partial charge in [-0.25, -0.2) is 0 Å². The zero-order valence-corrected chi connectivity index (χ0v) is 12.9. The van der Waals surface area contributed by atoms with Crippen LogP contribution in [-0.2, 0) is 0 Å². The molecule has 0 aliphatic rings. The summed E-state index contributed by atoms with van der Waals surface area (Å²) in [5, 5.41) is 6.11. The van der Waals surface area contributed by atoms with Crippen molar-refractivity contribution in [2.45, 2.75) is 34.6 Å². The maximum Gasteiger partial charge on any atom is 0.251 e. The van der Waals surface area contributed by atoms with Gasteiger partial charge in [0.05, 0.1) is 0 Å². The maximum atomic E-state index is 12.1. The van der Waals surface area contributed by atoms with Crippen molar-refractivity contribution in [3.8, 4) is 0 Å². The second-order valence-corrected chi connectivity index (χ2v) is 6.26. The Morgan fingerprint density at radius 2 is 1.95 bits per heavy atom. The Hall–Kier alpha value is -1.51. The lowest BCUT2D eigenvalue weighted by Crippen LogP contribution is -2.33. The minimum Gasteiger partial charge on any atom is -0.388 e. The van der Waals surface area contributed by atoms with Gasteiger partial charge in [-0.05, 0) is 42.0 Å². The van der Waals surface area contributed by atoms with Crippen molar-refractivity contribution in [1.82, 2.24) is 5.32 Å². The van der Waals surface area contributed by atoms with Crippen molar-refractivity contribution in [2.24, 2.45) is 11.3 Å². The highest BCUT2D eigenvalue weighted by Gasteiger charge is 2.20. The van der Waals surface area contributed by atoms with Gasteiger partial charge in [0, 0.05) is 24.8 Å². The fourth-order valence-corrected chi connectivity index (χ4v) is 1.74. The molecule has 0 aromatic heterocycles. The van der Waals surface area contributed by atoms with Crippen LogP contribution < -0.4 is 10.6 Å². The van der Waals surface area contributed by atoms with Crippen molar-refractivity contribution in [3.05, 3.63) is 29.3 Å². The van der Waals surface area contributed by atoms with Crippen molar-refractivity contribution in [1.29, 1.82) is 0 Å². The van der Waals surface area contributed by atoms with Crippen molar-refractivity contribution in [2.75, 3.05) is 18.9 Å². The highest BCUT2D eigenvalue weighted by atomic mass is 16.1. The first-order chi connectivity index (χ1) is 8.75. The van der Waals surface area contributed by atoms with Crippen LogP contribution in [0.3, 0.4) is 0 Å². The van der Waals surface area contributed by atoms with E-state index in [4.69, 9.17) is 0 Å². The summed E-state index contributed by atoms with van der Waals surface area (Å²) in [6.07, 6.45) is 0. The van der Waals surface area contributed by atoms with Crippen molar-refractivity contribution >= 4 is 11.6 Å². The van der Waals surface area contributed by atoms with E-state index in [1.807, 2.05) is 32.2 Å². The third kappa shape index (κ3) is 4.27. The van der Waals surface area contributed by atoms with E-state index in [2.05, 4.69) is 38.3 Å². The molecule has 0 saturated carbocycles. The smallest absolute Gasteiger partial charge is 0.251 e. The molecule has 2 N–H and O–H groups in total. The molecule has 0 aliphatic heterocycles. The minimum atomic E-state index is 0.00172. The third-order valence-electron chi connectivity index (χ3n) is 3.81. The molecule has 106 valence electrons. The van der Waals surface area contributed by atoms with Crippen molar-refractivity contribution < 1.29 is 4.79 Å². The molecule has 1 rings (SSSR count). The molecule has 0 saturated heterocycles. The summed E-state index contributed by atoms with van der Waals surface area (Å²) in [6, 6.07) is 5.72. The fraction of sp³-hybridized carbons (Fsp3) is 0.562. The van der Waals surface area contributed by atoms with E-state index in [9.17, 15) is 4.79 Å². The first kappa shape index (κ1) is 15.5. The van der Waals surface area contributed by atoms with Gasteiger partial charge in [-0.2, -0.15) is 0 Å². The molecule has 1 aromatic carbocycles. The average molecular weight is 262 g/mol. The number of carbonyl (C=O) groups excluding carboxylic acids is 1. The molecule has 1 atom stereocenters. The molecule has 0 aliphatic carbocycles. The highest BCUT2D eigenvalue weighted by Crippen LogP contribution is 2.24. The number of hydrogen-bond donors (Lipinski definition) is 2. The molecule has 3 nitrogen and oxygen atoms in total. The lowest BCUT2D eigenvalue weighted by molar-refractivity contribution is 0.0937. The van der Waals surface area contributed by atoms with Gasteiger partial charge in [0.25, 0.3) is 5.91 Å². The third-order valence-corrected chi connectivity index (χ3v) is 3.81. The average Bonchev–Trinajstić information content (AvgIpc) is 2.34. The zero-order chi connectivity index (χ0) is 14.6. The lowest BCUT2D eigenvalue weighted by Gasteiger charge is -2.27. The molecule has 1 aromatic rings. The summed E-state index contributed by atoms with van der Waals surface area (Å²) in [4.78, 5) is 12.1. The van der Waals surface area contributed by atoms with Gasteiger partial charge in [0.1, 0.15) is 0 Å². The van der Waals surface area contributed by atoms with E-state index in [-0.39, 0.29) is 11.3 Å². The molecule has 0 bridgehead atoms. The Bertz CT molecular complexity index is 447. The number of nitrogens with one attached hydrogen (secondary N) is 2. The molecule has 0 heterocycles. The zero-order valence-electron chi connectivity index (χ0n) is 12.9. The molecular weight excluding hydrogens is 236 g/mol. The van der Waals surface area contributed by atoms with Gasteiger partial charge < -0.3 is 10.6 Å². The summed E-state index contributed by atoms with van der Waals surface area (Å²) in [6.45, 7) is 11.4. The van der Waals surface area contributed by atoms with Crippen LogP contribution in [0.4, 0.5) is 5.69 Å². The molecule has 0 spiro atoms. The second kappa shape index (κ2) is 6.09. The Labute approximate surface area is 116 Å². The van der Waals surface area contributed by atoms with E-state index in [1.165, 1.54) is 0 Å². The van der Waals surface area contributed by atoms with Crippen LogP contribution >= 0.6 is 0 Å². The monoisotopic (exact) mass is 262 g/mol. The Morgan fingerprint density at radius 1 is 1.32 bits per heavy atom. The summed E-state index contributed by atoms with van der Waals surface area (Å²) in [5.41, 5.74) is 3.07. The predicted molar refractivity (Wildman–Crippen MR) is 81.7 cm³/mol. The topological polar surface area (TPSA) is 41.1 Å². The predicted octanol–water partition coefficient (Wildman–Crippen LogP) is 3.45. The number of hydrogen-bond acceptors (Lipinski definition) is 2. The molecule has 1 unspecified atom stereocenters. The molecule has 19 heavy (non-hydrogen) atoms. The number of carbonyl (C=O) groups is 1. The van der Waals surface area contributed by atoms with Gasteiger partial charge in [0.15, 0.2) is 0 Å². The van der Waals surface area contributed by atoms with E-state index in [0.29, 0.717) is 12.5 Å². The number of aryl methyl sites for hydroxylation is 1. The molecule has 1 amide bonds. The van der Waals surface area contributed by atoms with Crippen LogP contribution in [0.1, 0.15) is 43.6 Å².